The van der Waals surface area contributed by atoms with E-state index in [9.17, 15) is 13.2 Å². The Bertz CT molecular complexity index is 1390. The first-order valence-electron chi connectivity index (χ1n) is 13.3. The van der Waals surface area contributed by atoms with Crippen LogP contribution in [0.2, 0.25) is 5.02 Å². The zero-order chi connectivity index (χ0) is 28.8. The van der Waals surface area contributed by atoms with Gasteiger partial charge in [0, 0.05) is 24.5 Å². The highest BCUT2D eigenvalue weighted by molar-refractivity contribution is 7.90. The number of halogens is 1. The fraction of sp³-hybridized carbons (Fsp3) is 0.464. The number of nitrogens with zero attached hydrogens (tertiary/aromatic N) is 4. The Kier molecular flexibility index (Phi) is 9.57. The lowest BCUT2D eigenvalue weighted by atomic mass is 9.91. The van der Waals surface area contributed by atoms with E-state index < -0.39 is 15.4 Å². The average molecular weight is 587 g/mol. The standard InChI is InChI=1S/C28H35ClN6O4S/c1-28(2,3)39-27(36)33-21-12-10-20(11-13-21)32-26-30-16-19(17-31-26)8-9-22-14-15-23(35-34-22)18-40(37,38)25-7-5-4-6-24(25)29/h4-7,14-17,20-21H,8-13,18H2,1-3H3,(H,33,36)(H,30,31,32). The third-order valence-corrected chi connectivity index (χ3v) is 8.58. The van der Waals surface area contributed by atoms with Crippen molar-refractivity contribution in [2.45, 2.75) is 87.6 Å². The van der Waals surface area contributed by atoms with Crippen LogP contribution in [0.15, 0.2) is 53.7 Å². The topological polar surface area (TPSA) is 136 Å². The Morgan fingerprint density at radius 2 is 1.57 bits per heavy atom. The van der Waals surface area contributed by atoms with E-state index >= 15 is 0 Å². The molecule has 0 radical (unpaired) electrons. The van der Waals surface area contributed by atoms with Gasteiger partial charge in [-0.15, -0.1) is 0 Å². The van der Waals surface area contributed by atoms with Crippen molar-refractivity contribution in [1.29, 1.82) is 0 Å². The number of alkyl carbamates (subject to hydrolysis) is 1. The first-order valence-corrected chi connectivity index (χ1v) is 15.4. The number of benzene rings is 1. The largest absolute Gasteiger partial charge is 0.444 e. The number of hydrogen-bond acceptors (Lipinski definition) is 9. The van der Waals surface area contributed by atoms with Gasteiger partial charge in [-0.3, -0.25) is 0 Å². The van der Waals surface area contributed by atoms with Crippen LogP contribution in [0.1, 0.15) is 63.4 Å². The number of carbonyl (C=O) groups is 1. The zero-order valence-electron chi connectivity index (χ0n) is 22.9. The highest BCUT2D eigenvalue weighted by Gasteiger charge is 2.25. The molecule has 1 aliphatic carbocycles. The predicted octanol–water partition coefficient (Wildman–Crippen LogP) is 4.93. The number of rotatable bonds is 9. The summed E-state index contributed by atoms with van der Waals surface area (Å²) in [6, 6.07) is 10.2. The van der Waals surface area contributed by atoms with Crippen LogP contribution in [0.4, 0.5) is 10.7 Å². The first-order chi connectivity index (χ1) is 19.0. The second kappa shape index (κ2) is 12.9. The van der Waals surface area contributed by atoms with Gasteiger partial charge in [0.15, 0.2) is 9.84 Å². The number of aryl methyl sites for hydroxylation is 2. The van der Waals surface area contributed by atoms with E-state index in [1.807, 2.05) is 20.8 Å². The number of amides is 1. The van der Waals surface area contributed by atoms with Gasteiger partial charge in [-0.25, -0.2) is 23.2 Å². The SMILES string of the molecule is CC(C)(C)OC(=O)NC1CCC(Nc2ncc(CCc3ccc(CS(=O)(=O)c4ccccc4Cl)nn3)cn2)CC1. The number of sulfone groups is 1. The monoisotopic (exact) mass is 586 g/mol. The van der Waals surface area contributed by atoms with Crippen molar-refractivity contribution in [3.05, 3.63) is 70.8 Å². The van der Waals surface area contributed by atoms with Gasteiger partial charge in [0.2, 0.25) is 5.95 Å². The summed E-state index contributed by atoms with van der Waals surface area (Å²) >= 11 is 6.05. The maximum absolute atomic E-state index is 12.7. The van der Waals surface area contributed by atoms with E-state index in [1.54, 1.807) is 42.7 Å². The van der Waals surface area contributed by atoms with Gasteiger partial charge in [0.1, 0.15) is 5.60 Å². The van der Waals surface area contributed by atoms with Crippen LogP contribution in [0, 0.1) is 0 Å². The maximum atomic E-state index is 12.7. The molecule has 0 aliphatic heterocycles. The summed E-state index contributed by atoms with van der Waals surface area (Å²) in [5, 5.41) is 14.8. The lowest BCUT2D eigenvalue weighted by molar-refractivity contribution is 0.0492. The highest BCUT2D eigenvalue weighted by atomic mass is 35.5. The quantitative estimate of drug-likeness (QED) is 0.358. The van der Waals surface area contributed by atoms with E-state index in [1.165, 1.54) is 6.07 Å². The maximum Gasteiger partial charge on any atom is 0.407 e. The molecule has 12 heteroatoms. The number of hydrogen-bond donors (Lipinski definition) is 2. The average Bonchev–Trinajstić information content (AvgIpc) is 2.89. The molecule has 214 valence electrons. The molecule has 0 saturated heterocycles. The van der Waals surface area contributed by atoms with E-state index in [0.717, 1.165) is 36.9 Å². The first kappa shape index (κ1) is 29.7. The van der Waals surface area contributed by atoms with Crippen LogP contribution >= 0.6 is 11.6 Å². The third kappa shape index (κ3) is 8.85. The molecule has 0 atom stereocenters. The van der Waals surface area contributed by atoms with Crippen molar-refractivity contribution in [2.75, 3.05) is 5.32 Å². The molecular formula is C28H35ClN6O4S. The Morgan fingerprint density at radius 3 is 2.20 bits per heavy atom. The molecule has 4 rings (SSSR count). The molecule has 2 N–H and O–H groups in total. The molecule has 1 fully saturated rings. The molecule has 2 heterocycles. The fourth-order valence-corrected chi connectivity index (χ4v) is 6.28. The van der Waals surface area contributed by atoms with Crippen LogP contribution in [-0.2, 0) is 33.2 Å². The minimum Gasteiger partial charge on any atom is -0.444 e. The lowest BCUT2D eigenvalue weighted by Crippen LogP contribution is -2.42. The Hall–Kier alpha value is -3.31. The van der Waals surface area contributed by atoms with Crippen molar-refractivity contribution < 1.29 is 17.9 Å². The summed E-state index contributed by atoms with van der Waals surface area (Å²) in [4.78, 5) is 21.0. The number of aromatic nitrogens is 4. The van der Waals surface area contributed by atoms with Crippen LogP contribution in [-0.4, -0.2) is 52.4 Å². The summed E-state index contributed by atoms with van der Waals surface area (Å²) in [7, 11) is -3.62. The minimum absolute atomic E-state index is 0.0865. The predicted molar refractivity (Wildman–Crippen MR) is 153 cm³/mol. The van der Waals surface area contributed by atoms with Gasteiger partial charge in [0.05, 0.1) is 27.1 Å². The normalized spacial score (nSPS) is 17.7. The van der Waals surface area contributed by atoms with E-state index in [2.05, 4.69) is 30.8 Å². The molecule has 10 nitrogen and oxygen atoms in total. The van der Waals surface area contributed by atoms with Gasteiger partial charge in [0.25, 0.3) is 0 Å². The van der Waals surface area contributed by atoms with Crippen molar-refractivity contribution in [1.82, 2.24) is 25.5 Å². The molecule has 0 unspecified atom stereocenters. The van der Waals surface area contributed by atoms with Crippen molar-refractivity contribution >= 4 is 33.5 Å². The minimum atomic E-state index is -3.62. The second-order valence-corrected chi connectivity index (χ2v) is 13.3. The number of anilines is 1. The molecular weight excluding hydrogens is 552 g/mol. The molecule has 1 aliphatic rings. The van der Waals surface area contributed by atoms with Gasteiger partial charge in [-0.1, -0.05) is 23.7 Å². The molecule has 1 aromatic carbocycles. The van der Waals surface area contributed by atoms with E-state index in [-0.39, 0.29) is 33.8 Å². The summed E-state index contributed by atoms with van der Waals surface area (Å²) in [5.74, 6) is 0.310. The summed E-state index contributed by atoms with van der Waals surface area (Å²) in [6.07, 6.45) is 8.04. The molecule has 1 saturated carbocycles. The number of nitrogens with one attached hydrogen (secondary N) is 2. The van der Waals surface area contributed by atoms with Crippen molar-refractivity contribution in [3.8, 4) is 0 Å². The Balaban J connectivity index is 1.21. The van der Waals surface area contributed by atoms with E-state index in [0.29, 0.717) is 24.5 Å². The van der Waals surface area contributed by atoms with Crippen molar-refractivity contribution in [3.63, 3.8) is 0 Å². The summed E-state index contributed by atoms with van der Waals surface area (Å²) < 4.78 is 30.7. The second-order valence-electron chi connectivity index (χ2n) is 11.0. The fourth-order valence-electron chi connectivity index (χ4n) is 4.44. The van der Waals surface area contributed by atoms with Crippen LogP contribution in [0.5, 0.6) is 0 Å². The Morgan fingerprint density at radius 1 is 0.950 bits per heavy atom. The third-order valence-electron chi connectivity index (χ3n) is 6.44. The number of carbonyl (C=O) groups excluding carboxylic acids is 1. The van der Waals surface area contributed by atoms with Gasteiger partial charge in [-0.2, -0.15) is 10.2 Å². The summed E-state index contributed by atoms with van der Waals surface area (Å²) in [5.41, 5.74) is 1.56. The van der Waals surface area contributed by atoms with E-state index in [4.69, 9.17) is 16.3 Å². The molecule has 40 heavy (non-hydrogen) atoms. The van der Waals surface area contributed by atoms with Gasteiger partial charge in [-0.05, 0) is 89.1 Å². The molecule has 2 aromatic heterocycles. The lowest BCUT2D eigenvalue weighted by Gasteiger charge is -2.30. The smallest absolute Gasteiger partial charge is 0.407 e. The molecule has 1 amide bonds. The van der Waals surface area contributed by atoms with Gasteiger partial charge >= 0.3 is 6.09 Å². The highest BCUT2D eigenvalue weighted by Crippen LogP contribution is 2.24. The summed E-state index contributed by atoms with van der Waals surface area (Å²) in [6.45, 7) is 5.56. The Labute approximate surface area is 240 Å². The molecule has 0 bridgehead atoms. The van der Waals surface area contributed by atoms with Crippen LogP contribution < -0.4 is 10.6 Å². The molecule has 3 aromatic rings. The van der Waals surface area contributed by atoms with Gasteiger partial charge < -0.3 is 15.4 Å². The van der Waals surface area contributed by atoms with Crippen molar-refractivity contribution in [2.24, 2.45) is 0 Å². The zero-order valence-corrected chi connectivity index (χ0v) is 24.5. The van der Waals surface area contributed by atoms with Crippen LogP contribution in [0.25, 0.3) is 0 Å². The molecule has 0 spiro atoms. The number of ether oxygens (including phenoxy) is 1. The van der Waals surface area contributed by atoms with Crippen LogP contribution in [0.3, 0.4) is 0 Å².